The molecule has 3 rings (SSSR count). The summed E-state index contributed by atoms with van der Waals surface area (Å²) in [5.41, 5.74) is 2.95. The molecular weight excluding hydrogens is 591 g/mol. The van der Waals surface area contributed by atoms with Crippen molar-refractivity contribution in [3.63, 3.8) is 0 Å². The number of carbonyl (C=O) groups is 2. The Kier molecular flexibility index (Phi) is 11.8. The largest absolute Gasteiger partial charge is 0.352 e. The summed E-state index contributed by atoms with van der Waals surface area (Å²) in [5, 5.41) is 4.10. The molecule has 0 aliphatic heterocycles. The van der Waals surface area contributed by atoms with Crippen LogP contribution in [0, 0.1) is 0 Å². The maximum absolute atomic E-state index is 13.7. The topological polar surface area (TPSA) is 49.4 Å². The molecule has 0 saturated carbocycles. The minimum atomic E-state index is -0.641. The average molecular weight is 622 g/mol. The van der Waals surface area contributed by atoms with E-state index in [1.165, 1.54) is 11.8 Å². The average Bonchev–Trinajstić information content (AvgIpc) is 2.89. The first kappa shape index (κ1) is 29.6. The van der Waals surface area contributed by atoms with Gasteiger partial charge in [-0.25, -0.2) is 0 Å². The van der Waals surface area contributed by atoms with E-state index in [4.69, 9.17) is 23.2 Å². The van der Waals surface area contributed by atoms with E-state index in [1.807, 2.05) is 80.6 Å². The highest BCUT2D eigenvalue weighted by Crippen LogP contribution is 2.25. The third kappa shape index (κ3) is 9.36. The van der Waals surface area contributed by atoms with Crippen LogP contribution in [0.3, 0.4) is 0 Å². The van der Waals surface area contributed by atoms with E-state index >= 15 is 0 Å². The first-order chi connectivity index (χ1) is 17.8. The van der Waals surface area contributed by atoms with Crippen LogP contribution in [0.5, 0.6) is 0 Å². The lowest BCUT2D eigenvalue weighted by Gasteiger charge is -2.32. The smallest absolute Gasteiger partial charge is 0.243 e. The van der Waals surface area contributed by atoms with Crippen LogP contribution in [-0.4, -0.2) is 34.6 Å². The number of nitrogens with zero attached hydrogens (tertiary/aromatic N) is 1. The molecule has 0 aromatic heterocycles. The van der Waals surface area contributed by atoms with E-state index in [9.17, 15) is 9.59 Å². The highest BCUT2D eigenvalue weighted by atomic mass is 79.9. The molecule has 0 aliphatic carbocycles. The Hall–Kier alpha value is -1.99. The second-order valence-corrected chi connectivity index (χ2v) is 11.6. The second-order valence-electron chi connectivity index (χ2n) is 8.91. The van der Waals surface area contributed by atoms with Gasteiger partial charge in [-0.05, 0) is 54.3 Å². The zero-order valence-electron chi connectivity index (χ0n) is 20.9. The van der Waals surface area contributed by atoms with Gasteiger partial charge in [0.05, 0.1) is 15.8 Å². The molecule has 0 aliphatic rings. The molecule has 8 heteroatoms. The first-order valence-electron chi connectivity index (χ1n) is 12.2. The first-order valence-corrected chi connectivity index (χ1v) is 14.9. The summed E-state index contributed by atoms with van der Waals surface area (Å²) in [6.45, 7) is 4.35. The van der Waals surface area contributed by atoms with Gasteiger partial charge < -0.3 is 10.2 Å². The maximum Gasteiger partial charge on any atom is 0.243 e. The normalized spacial score (nSPS) is 12.6. The molecule has 196 valence electrons. The highest BCUT2D eigenvalue weighted by molar-refractivity contribution is 9.10. The van der Waals surface area contributed by atoms with Gasteiger partial charge in [-0.2, -0.15) is 0 Å². The molecule has 0 spiro atoms. The molecule has 3 aromatic rings. The van der Waals surface area contributed by atoms with E-state index in [0.29, 0.717) is 28.8 Å². The molecule has 1 N–H and O–H groups in total. The summed E-state index contributed by atoms with van der Waals surface area (Å²) in [6.07, 6.45) is 1.24. The number of nitrogens with one attached hydrogen (secondary N) is 1. The van der Waals surface area contributed by atoms with Gasteiger partial charge in [0.1, 0.15) is 6.04 Å². The van der Waals surface area contributed by atoms with Crippen molar-refractivity contribution in [2.24, 2.45) is 0 Å². The number of hydrogen-bond acceptors (Lipinski definition) is 3. The summed E-state index contributed by atoms with van der Waals surface area (Å²) in [7, 11) is 0. The van der Waals surface area contributed by atoms with E-state index in [1.54, 1.807) is 11.0 Å². The quantitative estimate of drug-likeness (QED) is 0.227. The van der Waals surface area contributed by atoms with Crippen LogP contribution in [-0.2, 0) is 28.3 Å². The van der Waals surface area contributed by atoms with Gasteiger partial charge >= 0.3 is 0 Å². The number of benzene rings is 3. The zero-order valence-corrected chi connectivity index (χ0v) is 24.8. The highest BCUT2D eigenvalue weighted by Gasteiger charge is 2.30. The molecule has 4 nitrogen and oxygen atoms in total. The third-order valence-corrected chi connectivity index (χ3v) is 8.27. The van der Waals surface area contributed by atoms with Crippen molar-refractivity contribution < 1.29 is 9.59 Å². The second kappa shape index (κ2) is 14.8. The number of rotatable bonds is 12. The van der Waals surface area contributed by atoms with Crippen LogP contribution in [0.25, 0.3) is 0 Å². The molecule has 0 bridgehead atoms. The minimum Gasteiger partial charge on any atom is -0.352 e. The molecule has 37 heavy (non-hydrogen) atoms. The number of halogens is 3. The van der Waals surface area contributed by atoms with Gasteiger partial charge in [0, 0.05) is 29.2 Å². The Morgan fingerprint density at radius 1 is 0.946 bits per heavy atom. The zero-order chi connectivity index (χ0) is 26.8. The van der Waals surface area contributed by atoms with Gasteiger partial charge in [0.2, 0.25) is 11.8 Å². The van der Waals surface area contributed by atoms with E-state index < -0.39 is 6.04 Å². The van der Waals surface area contributed by atoms with Crippen molar-refractivity contribution >= 4 is 62.7 Å². The third-order valence-electron chi connectivity index (χ3n) is 6.02. The van der Waals surface area contributed by atoms with Crippen LogP contribution >= 0.6 is 50.9 Å². The number of amides is 2. The summed E-state index contributed by atoms with van der Waals surface area (Å²) in [4.78, 5) is 28.9. The lowest BCUT2D eigenvalue weighted by molar-refractivity contribution is -0.139. The van der Waals surface area contributed by atoms with Crippen LogP contribution in [0.4, 0.5) is 0 Å². The van der Waals surface area contributed by atoms with Crippen LogP contribution in [0.1, 0.15) is 37.0 Å². The molecule has 0 radical (unpaired) electrons. The molecule has 2 unspecified atom stereocenters. The lowest BCUT2D eigenvalue weighted by atomic mass is 10.0. The van der Waals surface area contributed by atoms with Crippen LogP contribution in [0.2, 0.25) is 10.0 Å². The minimum absolute atomic E-state index is 0.0134. The van der Waals surface area contributed by atoms with E-state index in [-0.39, 0.29) is 23.6 Å². The molecule has 0 saturated heterocycles. The van der Waals surface area contributed by atoms with Gasteiger partial charge in [0.15, 0.2) is 0 Å². The van der Waals surface area contributed by atoms with Gasteiger partial charge in [-0.15, -0.1) is 11.8 Å². The monoisotopic (exact) mass is 620 g/mol. The van der Waals surface area contributed by atoms with Crippen molar-refractivity contribution in [1.82, 2.24) is 10.2 Å². The molecule has 0 heterocycles. The Morgan fingerprint density at radius 2 is 1.62 bits per heavy atom. The fourth-order valence-electron chi connectivity index (χ4n) is 3.75. The van der Waals surface area contributed by atoms with E-state index in [0.717, 1.165) is 27.6 Å². The standard InChI is InChI=1S/C29H31BrCl2N2O2S/c1-3-20(2)33-29(36)27(16-21-7-5-4-6-8-21)34(17-22-9-12-24(30)13-10-22)28(35)19-37-18-23-11-14-25(31)26(32)15-23/h4-15,20,27H,3,16-19H2,1-2H3,(H,33,36). The SMILES string of the molecule is CCC(C)NC(=O)C(Cc1ccccc1)N(Cc1ccc(Br)cc1)C(=O)CSCc1ccc(Cl)c(Cl)c1. The fourth-order valence-corrected chi connectivity index (χ4v) is 5.19. The molecular formula is C29H31BrCl2N2O2S. The van der Waals surface area contributed by atoms with Gasteiger partial charge in [-0.1, -0.05) is 94.6 Å². The van der Waals surface area contributed by atoms with Gasteiger partial charge in [0.25, 0.3) is 0 Å². The summed E-state index contributed by atoms with van der Waals surface area (Å²) < 4.78 is 0.960. The predicted molar refractivity (Wildman–Crippen MR) is 159 cm³/mol. The van der Waals surface area contributed by atoms with Crippen LogP contribution in [0.15, 0.2) is 77.3 Å². The molecule has 0 fully saturated rings. The maximum atomic E-state index is 13.7. The Labute approximate surface area is 242 Å². The van der Waals surface area contributed by atoms with Crippen LogP contribution < -0.4 is 5.32 Å². The number of thioether (sulfide) groups is 1. The van der Waals surface area contributed by atoms with Crippen molar-refractivity contribution in [1.29, 1.82) is 0 Å². The van der Waals surface area contributed by atoms with Crippen molar-refractivity contribution in [2.75, 3.05) is 5.75 Å². The Bertz CT molecular complexity index is 1180. The summed E-state index contributed by atoms with van der Waals surface area (Å²) in [6, 6.07) is 22.5. The van der Waals surface area contributed by atoms with E-state index in [2.05, 4.69) is 21.2 Å². The Morgan fingerprint density at radius 3 is 2.27 bits per heavy atom. The number of carbonyl (C=O) groups excluding carboxylic acids is 2. The predicted octanol–water partition coefficient (Wildman–Crippen LogP) is 7.54. The fraction of sp³-hybridized carbons (Fsp3) is 0.310. The molecule has 2 amide bonds. The van der Waals surface area contributed by atoms with Crippen molar-refractivity contribution in [3.05, 3.63) is 104 Å². The molecule has 3 aromatic carbocycles. The summed E-state index contributed by atoms with van der Waals surface area (Å²) >= 11 is 17.1. The number of hydrogen-bond donors (Lipinski definition) is 1. The van der Waals surface area contributed by atoms with Crippen molar-refractivity contribution in [2.45, 2.75) is 51.1 Å². The van der Waals surface area contributed by atoms with Gasteiger partial charge in [-0.3, -0.25) is 9.59 Å². The van der Waals surface area contributed by atoms with Crippen molar-refractivity contribution in [3.8, 4) is 0 Å². The molecule has 2 atom stereocenters. The summed E-state index contributed by atoms with van der Waals surface area (Å²) in [5.74, 6) is 0.613. The lowest BCUT2D eigenvalue weighted by Crippen LogP contribution is -2.52. The Balaban J connectivity index is 1.84.